The fourth-order valence-electron chi connectivity index (χ4n) is 4.72. The number of carbonyl (C=O) groups is 2. The number of rotatable bonds is 4. The largest absolute Gasteiger partial charge is 0.322 e. The molecule has 3 aromatic heterocycles. The molecule has 5 rings (SSSR count). The molecular weight excluding hydrogens is 452 g/mol. The Bertz CT molecular complexity index is 1510. The molecule has 180 valence electrons. The lowest BCUT2D eigenvalue weighted by Gasteiger charge is -2.22. The van der Waals surface area contributed by atoms with Crippen LogP contribution in [0.5, 0.6) is 0 Å². The molecule has 2 amide bonds. The molecule has 1 aromatic carbocycles. The first-order valence-electron chi connectivity index (χ1n) is 11.9. The van der Waals surface area contributed by atoms with Crippen molar-refractivity contribution in [2.75, 3.05) is 11.9 Å². The van der Waals surface area contributed by atoms with Gasteiger partial charge in [-0.2, -0.15) is 0 Å². The summed E-state index contributed by atoms with van der Waals surface area (Å²) in [4.78, 5) is 41.0. The number of likely N-dealkylation sites (tertiary alicyclic amines) is 1. The Balaban J connectivity index is 1.54. The summed E-state index contributed by atoms with van der Waals surface area (Å²) in [5.41, 5.74) is 4.85. The van der Waals surface area contributed by atoms with Gasteiger partial charge < -0.3 is 10.2 Å². The van der Waals surface area contributed by atoms with E-state index in [1.807, 2.05) is 43.1 Å². The highest BCUT2D eigenvalue weighted by atomic mass is 16.2. The summed E-state index contributed by atoms with van der Waals surface area (Å²) in [6.07, 6.45) is 5.18. The molecule has 8 nitrogen and oxygen atoms in total. The van der Waals surface area contributed by atoms with Gasteiger partial charge in [0.05, 0.1) is 22.9 Å². The lowest BCUT2D eigenvalue weighted by Crippen LogP contribution is -2.30. The SMILES string of the molecule is CC#CC(=O)N1CCC[C@H]1c1nc(-c2ccc(C(=O)Nc3ccccn3)cc2)c2c(C)ncc(C)n12. The quantitative estimate of drug-likeness (QED) is 0.441. The normalized spacial score (nSPS) is 15.0. The Labute approximate surface area is 209 Å². The molecule has 0 radical (unpaired) electrons. The van der Waals surface area contributed by atoms with Crippen LogP contribution in [0, 0.1) is 25.7 Å². The van der Waals surface area contributed by atoms with E-state index in [1.54, 1.807) is 37.4 Å². The van der Waals surface area contributed by atoms with Crippen LogP contribution in [0.25, 0.3) is 16.8 Å². The van der Waals surface area contributed by atoms with E-state index in [9.17, 15) is 9.59 Å². The second-order valence-electron chi connectivity index (χ2n) is 8.77. The van der Waals surface area contributed by atoms with E-state index < -0.39 is 0 Å². The van der Waals surface area contributed by atoms with Crippen LogP contribution in [0.3, 0.4) is 0 Å². The van der Waals surface area contributed by atoms with Crippen molar-refractivity contribution in [2.45, 2.75) is 39.7 Å². The molecule has 36 heavy (non-hydrogen) atoms. The third-order valence-corrected chi connectivity index (χ3v) is 6.41. The molecule has 0 aliphatic carbocycles. The van der Waals surface area contributed by atoms with Crippen LogP contribution in [-0.2, 0) is 4.79 Å². The molecule has 0 saturated carbocycles. The highest BCUT2D eigenvalue weighted by Gasteiger charge is 2.34. The molecule has 1 saturated heterocycles. The number of nitrogens with one attached hydrogen (secondary N) is 1. The summed E-state index contributed by atoms with van der Waals surface area (Å²) in [5, 5.41) is 2.80. The molecule has 0 spiro atoms. The molecule has 4 heterocycles. The van der Waals surface area contributed by atoms with Crippen LogP contribution in [0.4, 0.5) is 5.82 Å². The van der Waals surface area contributed by atoms with Crippen molar-refractivity contribution >= 4 is 23.1 Å². The van der Waals surface area contributed by atoms with E-state index in [0.717, 1.165) is 46.8 Å². The first kappa shape index (κ1) is 23.2. The topological polar surface area (TPSA) is 92.5 Å². The van der Waals surface area contributed by atoms with Crippen LogP contribution in [0.2, 0.25) is 0 Å². The predicted molar refractivity (Wildman–Crippen MR) is 137 cm³/mol. The number of fused-ring (bicyclic) bond motifs is 1. The number of pyridine rings is 1. The predicted octanol–water partition coefficient (Wildman–Crippen LogP) is 4.35. The molecular formula is C28H26N6O2. The molecule has 1 aliphatic heterocycles. The van der Waals surface area contributed by atoms with Gasteiger partial charge in [-0.3, -0.25) is 19.0 Å². The summed E-state index contributed by atoms with van der Waals surface area (Å²) in [6, 6.07) is 12.5. The molecule has 1 N–H and O–H groups in total. The van der Waals surface area contributed by atoms with Gasteiger partial charge in [0.1, 0.15) is 11.6 Å². The monoisotopic (exact) mass is 478 g/mol. The zero-order valence-electron chi connectivity index (χ0n) is 20.4. The lowest BCUT2D eigenvalue weighted by molar-refractivity contribution is -0.126. The van der Waals surface area contributed by atoms with Crippen molar-refractivity contribution in [1.29, 1.82) is 0 Å². The molecule has 1 aliphatic rings. The first-order valence-corrected chi connectivity index (χ1v) is 11.9. The first-order chi connectivity index (χ1) is 17.5. The molecule has 0 unspecified atom stereocenters. The average Bonchev–Trinajstić information content (AvgIpc) is 3.53. The Morgan fingerprint density at radius 1 is 1.08 bits per heavy atom. The minimum Gasteiger partial charge on any atom is -0.322 e. The molecule has 0 bridgehead atoms. The highest BCUT2D eigenvalue weighted by Crippen LogP contribution is 2.36. The lowest BCUT2D eigenvalue weighted by atomic mass is 10.1. The van der Waals surface area contributed by atoms with Crippen molar-refractivity contribution in [1.82, 2.24) is 24.3 Å². The zero-order chi connectivity index (χ0) is 25.2. The number of aryl methyl sites for hydroxylation is 2. The van der Waals surface area contributed by atoms with Crippen molar-refractivity contribution in [3.8, 4) is 23.1 Å². The van der Waals surface area contributed by atoms with Crippen molar-refractivity contribution in [3.63, 3.8) is 0 Å². The minimum absolute atomic E-state index is 0.163. The molecule has 8 heteroatoms. The smallest absolute Gasteiger partial charge is 0.299 e. The van der Waals surface area contributed by atoms with Gasteiger partial charge in [0.15, 0.2) is 0 Å². The maximum atomic E-state index is 12.7. The van der Waals surface area contributed by atoms with Gasteiger partial charge in [-0.1, -0.05) is 24.1 Å². The van der Waals surface area contributed by atoms with E-state index in [-0.39, 0.29) is 17.9 Å². The third kappa shape index (κ3) is 4.20. The van der Waals surface area contributed by atoms with Crippen LogP contribution >= 0.6 is 0 Å². The standard InChI is InChI=1S/C28H26N6O2/c1-4-8-24(35)33-16-7-9-22(33)27-32-25(26-19(3)30-17-18(2)34(26)27)20-11-13-21(14-12-20)28(36)31-23-10-5-6-15-29-23/h5-6,10-15,17,22H,7,9,16H2,1-3H3,(H,29,31,36)/t22-/m0/s1. The fourth-order valence-corrected chi connectivity index (χ4v) is 4.72. The summed E-state index contributed by atoms with van der Waals surface area (Å²) in [5.74, 6) is 6.29. The van der Waals surface area contributed by atoms with Crippen molar-refractivity contribution in [3.05, 3.63) is 77.6 Å². The van der Waals surface area contributed by atoms with Crippen LogP contribution in [0.15, 0.2) is 54.9 Å². The Hall–Kier alpha value is -4.51. The zero-order valence-corrected chi connectivity index (χ0v) is 20.4. The van der Waals surface area contributed by atoms with E-state index in [4.69, 9.17) is 4.98 Å². The third-order valence-electron chi connectivity index (χ3n) is 6.41. The number of imidazole rings is 1. The number of nitrogens with zero attached hydrogens (tertiary/aromatic N) is 5. The summed E-state index contributed by atoms with van der Waals surface area (Å²) in [6.45, 7) is 6.28. The Kier molecular flexibility index (Phi) is 6.21. The summed E-state index contributed by atoms with van der Waals surface area (Å²) >= 11 is 0. The van der Waals surface area contributed by atoms with E-state index in [1.165, 1.54) is 0 Å². The van der Waals surface area contributed by atoms with Crippen LogP contribution in [0.1, 0.15) is 53.4 Å². The minimum atomic E-state index is -0.235. The second-order valence-corrected chi connectivity index (χ2v) is 8.77. The van der Waals surface area contributed by atoms with Gasteiger partial charge in [-0.15, -0.1) is 0 Å². The average molecular weight is 479 g/mol. The van der Waals surface area contributed by atoms with Gasteiger partial charge in [-0.05, 0) is 63.8 Å². The van der Waals surface area contributed by atoms with Crippen molar-refractivity contribution in [2.24, 2.45) is 0 Å². The number of amides is 2. The number of hydrogen-bond acceptors (Lipinski definition) is 5. The summed E-state index contributed by atoms with van der Waals surface area (Å²) in [7, 11) is 0. The number of hydrogen-bond donors (Lipinski definition) is 1. The van der Waals surface area contributed by atoms with Crippen LogP contribution < -0.4 is 5.32 Å². The molecule has 1 atom stereocenters. The van der Waals surface area contributed by atoms with Gasteiger partial charge >= 0.3 is 0 Å². The van der Waals surface area contributed by atoms with Crippen molar-refractivity contribution < 1.29 is 9.59 Å². The second kappa shape index (κ2) is 9.62. The Morgan fingerprint density at radius 2 is 1.89 bits per heavy atom. The van der Waals surface area contributed by atoms with Crippen LogP contribution in [-0.4, -0.2) is 42.6 Å². The van der Waals surface area contributed by atoms with E-state index in [2.05, 4.69) is 31.5 Å². The molecule has 4 aromatic rings. The molecule has 1 fully saturated rings. The number of anilines is 1. The summed E-state index contributed by atoms with van der Waals surface area (Å²) < 4.78 is 2.11. The van der Waals surface area contributed by atoms with Gasteiger partial charge in [0.2, 0.25) is 0 Å². The number of benzene rings is 1. The fraction of sp³-hybridized carbons (Fsp3) is 0.250. The number of carbonyl (C=O) groups excluding carboxylic acids is 2. The Morgan fingerprint density at radius 3 is 2.61 bits per heavy atom. The maximum absolute atomic E-state index is 12.7. The van der Waals surface area contributed by atoms with Gasteiger partial charge in [0.25, 0.3) is 11.8 Å². The van der Waals surface area contributed by atoms with Gasteiger partial charge in [-0.25, -0.2) is 9.97 Å². The van der Waals surface area contributed by atoms with E-state index >= 15 is 0 Å². The number of aromatic nitrogens is 4. The van der Waals surface area contributed by atoms with Gasteiger partial charge in [0, 0.05) is 35.8 Å². The maximum Gasteiger partial charge on any atom is 0.299 e. The van der Waals surface area contributed by atoms with E-state index in [0.29, 0.717) is 17.9 Å². The highest BCUT2D eigenvalue weighted by molar-refractivity contribution is 6.04.